The van der Waals surface area contributed by atoms with Gasteiger partial charge < -0.3 is 4.74 Å². The van der Waals surface area contributed by atoms with Gasteiger partial charge in [-0.2, -0.15) is 0 Å². The van der Waals surface area contributed by atoms with Gasteiger partial charge in [0.15, 0.2) is 6.17 Å². The molecular formula is C17H28F2O. The van der Waals surface area contributed by atoms with Crippen LogP contribution in [0.3, 0.4) is 0 Å². The quantitative estimate of drug-likeness (QED) is 0.656. The monoisotopic (exact) mass is 286 g/mol. The van der Waals surface area contributed by atoms with Gasteiger partial charge >= 0.3 is 0 Å². The smallest absolute Gasteiger partial charge is 0.157 e. The Morgan fingerprint density at radius 3 is 2.35 bits per heavy atom. The Morgan fingerprint density at radius 1 is 1.05 bits per heavy atom. The second kappa shape index (κ2) is 7.53. The fourth-order valence-corrected chi connectivity index (χ4v) is 4.12. The van der Waals surface area contributed by atoms with Crippen molar-refractivity contribution in [2.75, 3.05) is 7.11 Å². The molecule has 0 N–H and O–H groups in total. The van der Waals surface area contributed by atoms with Gasteiger partial charge in [0, 0.05) is 7.11 Å². The van der Waals surface area contributed by atoms with Gasteiger partial charge in [0.1, 0.15) is 6.17 Å². The van der Waals surface area contributed by atoms with Crippen LogP contribution in [0, 0.1) is 17.8 Å². The molecule has 2 fully saturated rings. The van der Waals surface area contributed by atoms with Crippen LogP contribution >= 0.6 is 0 Å². The normalized spacial score (nSPS) is 42.4. The van der Waals surface area contributed by atoms with Gasteiger partial charge in [-0.05, 0) is 56.3 Å². The van der Waals surface area contributed by atoms with E-state index in [4.69, 9.17) is 4.74 Å². The van der Waals surface area contributed by atoms with Crippen LogP contribution in [0.4, 0.5) is 8.78 Å². The molecular weight excluding hydrogens is 258 g/mol. The number of rotatable bonds is 5. The van der Waals surface area contributed by atoms with E-state index in [1.807, 2.05) is 6.08 Å². The van der Waals surface area contributed by atoms with Gasteiger partial charge in [-0.1, -0.05) is 18.9 Å². The lowest BCUT2D eigenvalue weighted by molar-refractivity contribution is -0.0720. The van der Waals surface area contributed by atoms with E-state index in [1.54, 1.807) is 0 Å². The summed E-state index contributed by atoms with van der Waals surface area (Å²) in [4.78, 5) is 0. The van der Waals surface area contributed by atoms with Gasteiger partial charge in [-0.25, -0.2) is 8.78 Å². The molecule has 20 heavy (non-hydrogen) atoms. The summed E-state index contributed by atoms with van der Waals surface area (Å²) in [5, 5.41) is 0. The molecule has 4 atom stereocenters. The summed E-state index contributed by atoms with van der Waals surface area (Å²) in [5.41, 5.74) is 0. The average molecular weight is 286 g/mol. The minimum absolute atomic E-state index is 0.0863. The molecule has 2 aliphatic carbocycles. The van der Waals surface area contributed by atoms with Crippen LogP contribution in [-0.2, 0) is 4.74 Å². The van der Waals surface area contributed by atoms with E-state index in [1.165, 1.54) is 26.4 Å². The van der Waals surface area contributed by atoms with E-state index in [2.05, 4.69) is 6.58 Å². The van der Waals surface area contributed by atoms with Crippen LogP contribution in [0.25, 0.3) is 0 Å². The molecule has 0 saturated heterocycles. The van der Waals surface area contributed by atoms with Crippen molar-refractivity contribution in [2.24, 2.45) is 17.8 Å². The van der Waals surface area contributed by atoms with Crippen LogP contribution < -0.4 is 0 Å². The molecule has 2 rings (SSSR count). The highest BCUT2D eigenvalue weighted by atomic mass is 19.2. The topological polar surface area (TPSA) is 9.23 Å². The second-order valence-corrected chi connectivity index (χ2v) is 6.55. The lowest BCUT2D eigenvalue weighted by Crippen LogP contribution is -2.45. The number of methoxy groups -OCH3 is 1. The molecule has 0 aliphatic heterocycles. The maximum Gasteiger partial charge on any atom is 0.157 e. The first-order valence-corrected chi connectivity index (χ1v) is 8.09. The van der Waals surface area contributed by atoms with Crippen molar-refractivity contribution in [2.45, 2.75) is 69.8 Å². The number of ether oxygens (including phenoxy) is 1. The molecule has 2 aliphatic rings. The van der Waals surface area contributed by atoms with Crippen molar-refractivity contribution in [3.63, 3.8) is 0 Å². The second-order valence-electron chi connectivity index (χ2n) is 6.55. The Kier molecular flexibility index (Phi) is 6.01. The maximum atomic E-state index is 14.3. The molecule has 0 radical (unpaired) electrons. The summed E-state index contributed by atoms with van der Waals surface area (Å²) >= 11 is 0. The summed E-state index contributed by atoms with van der Waals surface area (Å²) in [6, 6.07) is 0. The van der Waals surface area contributed by atoms with Crippen LogP contribution in [0.2, 0.25) is 0 Å². The van der Waals surface area contributed by atoms with E-state index in [9.17, 15) is 8.78 Å². The highest BCUT2D eigenvalue weighted by molar-refractivity contribution is 4.93. The number of alkyl halides is 2. The summed E-state index contributed by atoms with van der Waals surface area (Å²) in [6.07, 6.45) is 6.88. The fraction of sp³-hybridized carbons (Fsp3) is 0.882. The molecule has 2 saturated carbocycles. The first-order chi connectivity index (χ1) is 9.67. The zero-order valence-electron chi connectivity index (χ0n) is 12.6. The van der Waals surface area contributed by atoms with Crippen LogP contribution in [0.1, 0.15) is 51.4 Å². The SMILES string of the molecule is C=CCCC1CCC(C2CCC(OC)C(F)C2F)CC1. The van der Waals surface area contributed by atoms with E-state index in [0.29, 0.717) is 12.3 Å². The standard InChI is InChI=1S/C17H28F2O/c1-3-4-5-12-6-8-13(9-7-12)14-10-11-15(20-2)17(19)16(14)18/h3,12-17H,1,4-11H2,2H3. The molecule has 0 aromatic carbocycles. The van der Waals surface area contributed by atoms with Gasteiger partial charge in [-0.3, -0.25) is 0 Å². The van der Waals surface area contributed by atoms with Gasteiger partial charge in [0.05, 0.1) is 6.10 Å². The number of allylic oxidation sites excluding steroid dienone is 1. The molecule has 0 heterocycles. The molecule has 0 aromatic heterocycles. The van der Waals surface area contributed by atoms with E-state index in [-0.39, 0.29) is 5.92 Å². The number of hydrogen-bond donors (Lipinski definition) is 0. The lowest BCUT2D eigenvalue weighted by atomic mass is 9.69. The summed E-state index contributed by atoms with van der Waals surface area (Å²) in [6.45, 7) is 3.76. The Hall–Kier alpha value is -0.440. The molecule has 0 aromatic rings. The molecule has 0 amide bonds. The zero-order valence-corrected chi connectivity index (χ0v) is 12.6. The molecule has 0 bridgehead atoms. The molecule has 1 nitrogen and oxygen atoms in total. The summed E-state index contributed by atoms with van der Waals surface area (Å²) in [7, 11) is 1.48. The minimum Gasteiger partial charge on any atom is -0.378 e. The van der Waals surface area contributed by atoms with Crippen molar-refractivity contribution in [3.05, 3.63) is 12.7 Å². The predicted molar refractivity (Wildman–Crippen MR) is 78.2 cm³/mol. The molecule has 4 unspecified atom stereocenters. The van der Waals surface area contributed by atoms with Gasteiger partial charge in [0.25, 0.3) is 0 Å². The number of hydrogen-bond acceptors (Lipinski definition) is 1. The number of halogens is 2. The summed E-state index contributed by atoms with van der Waals surface area (Å²) < 4.78 is 33.3. The van der Waals surface area contributed by atoms with Crippen molar-refractivity contribution >= 4 is 0 Å². The third-order valence-electron chi connectivity index (χ3n) is 5.43. The first-order valence-electron chi connectivity index (χ1n) is 8.09. The predicted octanol–water partition coefficient (Wildman–Crippen LogP) is 4.86. The van der Waals surface area contributed by atoms with Crippen LogP contribution in [0.5, 0.6) is 0 Å². The summed E-state index contributed by atoms with van der Waals surface area (Å²) in [5.74, 6) is 1.05. The van der Waals surface area contributed by atoms with Gasteiger partial charge in [-0.15, -0.1) is 6.58 Å². The Morgan fingerprint density at radius 2 is 1.75 bits per heavy atom. The Balaban J connectivity index is 1.83. The third kappa shape index (κ3) is 3.60. The third-order valence-corrected chi connectivity index (χ3v) is 5.43. The Labute approximate surface area is 121 Å². The van der Waals surface area contributed by atoms with Crippen molar-refractivity contribution in [1.29, 1.82) is 0 Å². The molecule has 3 heteroatoms. The highest BCUT2D eigenvalue weighted by Crippen LogP contribution is 2.43. The van der Waals surface area contributed by atoms with E-state index < -0.39 is 18.4 Å². The first kappa shape index (κ1) is 15.9. The average Bonchev–Trinajstić information content (AvgIpc) is 2.48. The van der Waals surface area contributed by atoms with Crippen molar-refractivity contribution in [3.8, 4) is 0 Å². The molecule has 116 valence electrons. The highest BCUT2D eigenvalue weighted by Gasteiger charge is 2.44. The lowest BCUT2D eigenvalue weighted by Gasteiger charge is -2.41. The van der Waals surface area contributed by atoms with Crippen molar-refractivity contribution in [1.82, 2.24) is 0 Å². The van der Waals surface area contributed by atoms with Crippen LogP contribution in [-0.4, -0.2) is 25.6 Å². The maximum absolute atomic E-state index is 14.3. The van der Waals surface area contributed by atoms with Crippen LogP contribution in [0.15, 0.2) is 12.7 Å². The molecule has 0 spiro atoms. The van der Waals surface area contributed by atoms with Gasteiger partial charge in [0.2, 0.25) is 0 Å². The minimum atomic E-state index is -1.43. The van der Waals surface area contributed by atoms with Crippen molar-refractivity contribution < 1.29 is 13.5 Å². The fourth-order valence-electron chi connectivity index (χ4n) is 4.12. The van der Waals surface area contributed by atoms with E-state index >= 15 is 0 Å². The largest absolute Gasteiger partial charge is 0.378 e. The Bertz CT molecular complexity index is 299. The zero-order chi connectivity index (χ0) is 14.5. The van der Waals surface area contributed by atoms with E-state index in [0.717, 1.165) is 31.6 Å².